The van der Waals surface area contributed by atoms with Crippen molar-refractivity contribution < 1.29 is 9.53 Å². The summed E-state index contributed by atoms with van der Waals surface area (Å²) in [5.41, 5.74) is 9.63. The van der Waals surface area contributed by atoms with Crippen LogP contribution in [0.1, 0.15) is 40.4 Å². The molecular weight excluding hydrogens is 376 g/mol. The van der Waals surface area contributed by atoms with Crippen LogP contribution in [-0.4, -0.2) is 49.1 Å². The lowest BCUT2D eigenvalue weighted by Gasteiger charge is -2.36. The number of aromatic amines is 1. The molecule has 0 bridgehead atoms. The molecule has 1 unspecified atom stereocenters. The highest BCUT2D eigenvalue weighted by Crippen LogP contribution is 2.25. The van der Waals surface area contributed by atoms with Crippen molar-refractivity contribution in [3.05, 3.63) is 65.4 Å². The number of ether oxygens (including phenoxy) is 1. The Morgan fingerprint density at radius 2 is 2.03 bits per heavy atom. The maximum atomic E-state index is 11.5. The summed E-state index contributed by atoms with van der Waals surface area (Å²) in [6, 6.07) is 14.4. The molecule has 0 spiro atoms. The average molecular weight is 407 g/mol. The van der Waals surface area contributed by atoms with E-state index < -0.39 is 0 Å². The minimum atomic E-state index is -0.382. The predicted octanol–water partition coefficient (Wildman–Crippen LogP) is 3.24. The van der Waals surface area contributed by atoms with Gasteiger partial charge in [-0.3, -0.25) is 9.69 Å². The summed E-state index contributed by atoms with van der Waals surface area (Å²) in [4.78, 5) is 17.4. The second-order valence-electron chi connectivity index (χ2n) is 7.92. The van der Waals surface area contributed by atoms with Crippen LogP contribution in [0.25, 0.3) is 10.9 Å². The van der Waals surface area contributed by atoms with Gasteiger partial charge < -0.3 is 20.8 Å². The van der Waals surface area contributed by atoms with Crippen LogP contribution in [0.4, 0.5) is 0 Å². The molecule has 2 aromatic carbocycles. The van der Waals surface area contributed by atoms with Crippen LogP contribution in [0.2, 0.25) is 0 Å². The molecule has 1 atom stereocenters. The zero-order valence-electron chi connectivity index (χ0n) is 17.5. The van der Waals surface area contributed by atoms with Crippen LogP contribution in [0.15, 0.2) is 48.7 Å². The highest BCUT2D eigenvalue weighted by Gasteiger charge is 2.23. The van der Waals surface area contributed by atoms with Gasteiger partial charge in [0.2, 0.25) is 5.91 Å². The average Bonchev–Trinajstić information content (AvgIpc) is 3.19. The number of nitrogens with one attached hydrogen (secondary N) is 2. The van der Waals surface area contributed by atoms with Gasteiger partial charge in [0.05, 0.1) is 7.11 Å². The summed E-state index contributed by atoms with van der Waals surface area (Å²) in [5, 5.41) is 4.63. The number of amides is 1. The third kappa shape index (κ3) is 4.50. The third-order valence-electron chi connectivity index (χ3n) is 6.05. The topological polar surface area (TPSA) is 83.4 Å². The van der Waals surface area contributed by atoms with E-state index in [4.69, 9.17) is 10.5 Å². The van der Waals surface area contributed by atoms with Gasteiger partial charge >= 0.3 is 0 Å². The van der Waals surface area contributed by atoms with Gasteiger partial charge in [-0.05, 0) is 67.3 Å². The maximum Gasteiger partial charge on any atom is 0.248 e. The van der Waals surface area contributed by atoms with Crippen molar-refractivity contribution in [1.82, 2.24) is 15.2 Å². The molecule has 1 aromatic heterocycles. The number of methoxy groups -OCH3 is 1. The number of primary amides is 1. The fourth-order valence-electron chi connectivity index (χ4n) is 4.34. The summed E-state index contributed by atoms with van der Waals surface area (Å²) in [7, 11) is 1.70. The standard InChI is InChI=1S/C24H30N4O2/c1-30-20-8-5-17(6-9-20)23-16-26-11-13-28(23)12-3-2-4-19-15-27-22-10-7-18(24(25)29)14-21(19)22/h5-10,14-15,23,26-27H,2-4,11-13,16H2,1H3,(H2,25,29). The number of fused-ring (bicyclic) bond motifs is 1. The molecule has 6 heteroatoms. The molecule has 6 nitrogen and oxygen atoms in total. The zero-order chi connectivity index (χ0) is 20.9. The van der Waals surface area contributed by atoms with Gasteiger partial charge in [0, 0.05) is 48.3 Å². The number of benzene rings is 2. The van der Waals surface area contributed by atoms with Crippen LogP contribution >= 0.6 is 0 Å². The summed E-state index contributed by atoms with van der Waals surface area (Å²) in [5.74, 6) is 0.514. The van der Waals surface area contributed by atoms with Crippen molar-refractivity contribution >= 4 is 16.8 Å². The Morgan fingerprint density at radius 3 is 2.80 bits per heavy atom. The van der Waals surface area contributed by atoms with E-state index in [2.05, 4.69) is 33.5 Å². The maximum absolute atomic E-state index is 11.5. The zero-order valence-corrected chi connectivity index (χ0v) is 17.5. The molecule has 4 rings (SSSR count). The number of unbranched alkanes of at least 4 members (excludes halogenated alkanes) is 1. The smallest absolute Gasteiger partial charge is 0.248 e. The lowest BCUT2D eigenvalue weighted by molar-refractivity contribution is 0.100. The number of rotatable bonds is 8. The van der Waals surface area contributed by atoms with Crippen molar-refractivity contribution in [3.8, 4) is 5.75 Å². The summed E-state index contributed by atoms with van der Waals surface area (Å²) < 4.78 is 5.29. The largest absolute Gasteiger partial charge is 0.497 e. The first-order valence-electron chi connectivity index (χ1n) is 10.6. The van der Waals surface area contributed by atoms with Crippen LogP contribution in [0.5, 0.6) is 5.75 Å². The molecule has 1 amide bonds. The van der Waals surface area contributed by atoms with E-state index in [0.29, 0.717) is 11.6 Å². The monoisotopic (exact) mass is 406 g/mol. The quantitative estimate of drug-likeness (QED) is 0.502. The molecule has 2 heterocycles. The van der Waals surface area contributed by atoms with Gasteiger partial charge in [-0.1, -0.05) is 12.1 Å². The van der Waals surface area contributed by atoms with Crippen molar-refractivity contribution in [1.29, 1.82) is 0 Å². The number of piperazine rings is 1. The first-order valence-corrected chi connectivity index (χ1v) is 10.6. The van der Waals surface area contributed by atoms with E-state index in [1.165, 1.54) is 11.1 Å². The summed E-state index contributed by atoms with van der Waals surface area (Å²) >= 11 is 0. The second kappa shape index (κ2) is 9.32. The number of nitrogens with zero attached hydrogens (tertiary/aromatic N) is 1. The summed E-state index contributed by atoms with van der Waals surface area (Å²) in [6.45, 7) is 4.15. The van der Waals surface area contributed by atoms with Gasteiger partial charge in [-0.2, -0.15) is 0 Å². The Kier molecular flexibility index (Phi) is 6.35. The number of aromatic nitrogens is 1. The van der Waals surface area contributed by atoms with Crippen LogP contribution < -0.4 is 15.8 Å². The highest BCUT2D eigenvalue weighted by molar-refractivity contribution is 5.97. The Labute approximate surface area is 177 Å². The minimum absolute atomic E-state index is 0.382. The predicted molar refractivity (Wildman–Crippen MR) is 120 cm³/mol. The molecular formula is C24H30N4O2. The second-order valence-corrected chi connectivity index (χ2v) is 7.92. The van der Waals surface area contributed by atoms with Crippen molar-refractivity contribution in [3.63, 3.8) is 0 Å². The molecule has 158 valence electrons. The fourth-order valence-corrected chi connectivity index (χ4v) is 4.34. The van der Waals surface area contributed by atoms with Gasteiger partial charge in [0.15, 0.2) is 0 Å². The van der Waals surface area contributed by atoms with E-state index in [0.717, 1.165) is 62.1 Å². The lowest BCUT2D eigenvalue weighted by Crippen LogP contribution is -2.46. The Bertz CT molecular complexity index is 996. The van der Waals surface area contributed by atoms with E-state index >= 15 is 0 Å². The number of nitrogens with two attached hydrogens (primary N) is 1. The molecule has 30 heavy (non-hydrogen) atoms. The lowest BCUT2D eigenvalue weighted by atomic mass is 10.0. The first kappa shape index (κ1) is 20.4. The van der Waals surface area contributed by atoms with E-state index in [1.807, 2.05) is 24.3 Å². The molecule has 0 aliphatic carbocycles. The molecule has 0 saturated carbocycles. The number of carbonyl (C=O) groups excluding carboxylic acids is 1. The fraction of sp³-hybridized carbons (Fsp3) is 0.375. The highest BCUT2D eigenvalue weighted by atomic mass is 16.5. The van der Waals surface area contributed by atoms with Crippen LogP contribution in [0, 0.1) is 0 Å². The number of hydrogen-bond donors (Lipinski definition) is 3. The summed E-state index contributed by atoms with van der Waals surface area (Å²) in [6.07, 6.45) is 5.28. The molecule has 1 fully saturated rings. The number of H-pyrrole nitrogens is 1. The Hall–Kier alpha value is -2.83. The normalized spacial score (nSPS) is 17.3. The number of carbonyl (C=O) groups is 1. The molecule has 3 aromatic rings. The van der Waals surface area contributed by atoms with Crippen LogP contribution in [-0.2, 0) is 6.42 Å². The third-order valence-corrected chi connectivity index (χ3v) is 6.05. The minimum Gasteiger partial charge on any atom is -0.497 e. The first-order chi connectivity index (χ1) is 14.7. The Balaban J connectivity index is 1.35. The van der Waals surface area contributed by atoms with E-state index in [-0.39, 0.29) is 5.91 Å². The van der Waals surface area contributed by atoms with Crippen LogP contribution in [0.3, 0.4) is 0 Å². The molecule has 4 N–H and O–H groups in total. The SMILES string of the molecule is COc1ccc(C2CNCCN2CCCCc2c[nH]c3ccc(C(N)=O)cc23)cc1. The number of hydrogen-bond acceptors (Lipinski definition) is 4. The molecule has 0 radical (unpaired) electrons. The molecule has 1 saturated heterocycles. The van der Waals surface area contributed by atoms with Gasteiger partial charge in [-0.15, -0.1) is 0 Å². The number of aryl methyl sites for hydroxylation is 1. The van der Waals surface area contributed by atoms with Gasteiger partial charge in [0.1, 0.15) is 5.75 Å². The van der Waals surface area contributed by atoms with Crippen molar-refractivity contribution in [2.45, 2.75) is 25.3 Å². The van der Waals surface area contributed by atoms with E-state index in [1.54, 1.807) is 13.2 Å². The molecule has 1 aliphatic heterocycles. The Morgan fingerprint density at radius 1 is 1.20 bits per heavy atom. The van der Waals surface area contributed by atoms with Crippen molar-refractivity contribution in [2.24, 2.45) is 5.73 Å². The van der Waals surface area contributed by atoms with Gasteiger partial charge in [-0.25, -0.2) is 0 Å². The molecule has 1 aliphatic rings. The van der Waals surface area contributed by atoms with Crippen molar-refractivity contribution in [2.75, 3.05) is 33.3 Å². The van der Waals surface area contributed by atoms with Gasteiger partial charge in [0.25, 0.3) is 0 Å². The van der Waals surface area contributed by atoms with E-state index in [9.17, 15) is 4.79 Å².